The number of carboxylic acids is 1. The van der Waals surface area contributed by atoms with Gasteiger partial charge in [-0.25, -0.2) is 9.59 Å². The molecule has 10 heteroatoms. The number of carbonyl (C=O) groups is 4. The molecule has 1 N–H and O–H groups in total. The van der Waals surface area contributed by atoms with Crippen molar-refractivity contribution in [3.05, 3.63) is 77.1 Å². The number of benzene rings is 1. The largest absolute Gasteiger partial charge is 0.478 e. The molecule has 0 atom stereocenters. The van der Waals surface area contributed by atoms with E-state index in [1.54, 1.807) is 12.2 Å². The van der Waals surface area contributed by atoms with E-state index in [0.717, 1.165) is 0 Å². The minimum atomic E-state index is -1.19. The fourth-order valence-electron chi connectivity index (χ4n) is 6.07. The Hall–Kier alpha value is -4.60. The summed E-state index contributed by atoms with van der Waals surface area (Å²) >= 11 is 0. The summed E-state index contributed by atoms with van der Waals surface area (Å²) in [5.74, 6) is -2.21. The topological polar surface area (TPSA) is 141 Å². The molecule has 0 heterocycles. The summed E-state index contributed by atoms with van der Waals surface area (Å²) in [6.45, 7) is 19.2. The molecular weight excluding hydrogens is 612 g/mol. The number of esters is 1. The van der Waals surface area contributed by atoms with Crippen molar-refractivity contribution in [3.63, 3.8) is 0 Å². The second-order valence-corrected chi connectivity index (χ2v) is 13.7. The third kappa shape index (κ3) is 9.49. The summed E-state index contributed by atoms with van der Waals surface area (Å²) in [6.07, 6.45) is 6.34. The Kier molecular flexibility index (Phi) is 13.0. The number of Topliss-reactive ketones (excluding diaryl/α,β-unsaturated/α-hetero) is 2. The van der Waals surface area contributed by atoms with E-state index in [0.29, 0.717) is 54.7 Å². The van der Waals surface area contributed by atoms with Gasteiger partial charge in [0.15, 0.2) is 11.6 Å². The molecule has 0 saturated heterocycles. The van der Waals surface area contributed by atoms with E-state index >= 15 is 0 Å². The highest BCUT2D eigenvalue weighted by atomic mass is 16.6. The van der Waals surface area contributed by atoms with Gasteiger partial charge in [0.2, 0.25) is 0 Å². The minimum absolute atomic E-state index is 0.0559. The molecule has 48 heavy (non-hydrogen) atoms. The van der Waals surface area contributed by atoms with Crippen molar-refractivity contribution in [1.82, 2.24) is 0 Å². The van der Waals surface area contributed by atoms with Crippen LogP contribution < -0.4 is 0 Å². The normalized spacial score (nSPS) is 18.0. The Balaban J connectivity index is 2.30. The third-order valence-electron chi connectivity index (χ3n) is 8.02. The van der Waals surface area contributed by atoms with Crippen molar-refractivity contribution in [1.29, 1.82) is 0 Å². The molecule has 0 fully saturated rings. The molecule has 0 spiro atoms. The third-order valence-corrected chi connectivity index (χ3v) is 8.02. The maximum atomic E-state index is 14.2. The predicted octanol–water partition coefficient (Wildman–Crippen LogP) is 8.04. The van der Waals surface area contributed by atoms with E-state index in [1.165, 1.54) is 18.2 Å². The highest BCUT2D eigenvalue weighted by molar-refractivity contribution is 6.28. The van der Waals surface area contributed by atoms with Crippen LogP contribution >= 0.6 is 0 Å². The lowest BCUT2D eigenvalue weighted by atomic mass is 9.70. The number of carbonyl (C=O) groups excluding carboxylic acids is 3. The molecule has 0 saturated carbocycles. The van der Waals surface area contributed by atoms with Gasteiger partial charge in [-0.15, -0.1) is 0 Å². The molecule has 0 bridgehead atoms. The van der Waals surface area contributed by atoms with Gasteiger partial charge in [0, 0.05) is 24.8 Å². The number of oxime groups is 2. The number of hydrogen-bond donors (Lipinski definition) is 1. The first kappa shape index (κ1) is 37.9. The van der Waals surface area contributed by atoms with Gasteiger partial charge in [0.05, 0.1) is 28.1 Å². The van der Waals surface area contributed by atoms with Gasteiger partial charge in [-0.05, 0) is 59.4 Å². The number of aromatic carboxylic acids is 1. The number of carboxylic acid groups (broad SMARTS) is 1. The Labute approximate surface area is 283 Å². The number of nitrogens with zero attached hydrogens (tertiary/aromatic N) is 2. The summed E-state index contributed by atoms with van der Waals surface area (Å²) in [5.41, 5.74) is 1.05. The molecular formula is C38H48N2O8. The standard InChI is InChI=1S/C38H48N2O8/c1-9-13-28(39-46-17-11-3)33-27(20-37(5,6)21-30(33)41)26-19-24(35(43)44)15-16-25(26)36(45)48-32-23-38(7,8)22-31(42)34(32)29(14-10-2)40-47-18-12-4/h11-12,15-16,19H,3-4,9-10,13-14,17-18,20-23H2,1-2,5-8H3,(H,43,44). The number of rotatable bonds is 16. The van der Waals surface area contributed by atoms with Crippen LogP contribution in [-0.4, -0.2) is 53.2 Å². The van der Waals surface area contributed by atoms with Crippen LogP contribution in [-0.2, 0) is 24.0 Å². The summed E-state index contributed by atoms with van der Waals surface area (Å²) in [5, 5.41) is 18.4. The van der Waals surface area contributed by atoms with Crippen LogP contribution in [0.5, 0.6) is 0 Å². The van der Waals surface area contributed by atoms with Gasteiger partial charge in [0.1, 0.15) is 19.0 Å². The predicted molar refractivity (Wildman–Crippen MR) is 186 cm³/mol. The first-order valence-corrected chi connectivity index (χ1v) is 16.4. The molecule has 0 radical (unpaired) electrons. The lowest BCUT2D eigenvalue weighted by molar-refractivity contribution is -0.118. The maximum absolute atomic E-state index is 14.2. The molecule has 1 aromatic rings. The van der Waals surface area contributed by atoms with Crippen LogP contribution in [0.15, 0.2) is 70.7 Å². The second-order valence-electron chi connectivity index (χ2n) is 13.7. The number of allylic oxidation sites excluding steroid dienone is 4. The van der Waals surface area contributed by atoms with E-state index in [-0.39, 0.29) is 72.1 Å². The summed E-state index contributed by atoms with van der Waals surface area (Å²) in [7, 11) is 0. The van der Waals surface area contributed by atoms with Gasteiger partial charge >= 0.3 is 11.9 Å². The first-order valence-electron chi connectivity index (χ1n) is 16.4. The van der Waals surface area contributed by atoms with Crippen LogP contribution in [0.4, 0.5) is 0 Å². The van der Waals surface area contributed by atoms with Crippen LogP contribution in [0.1, 0.15) is 119 Å². The zero-order valence-electron chi connectivity index (χ0n) is 29.1. The number of ether oxygens (including phenoxy) is 1. The van der Waals surface area contributed by atoms with E-state index < -0.39 is 22.8 Å². The molecule has 1 aromatic carbocycles. The van der Waals surface area contributed by atoms with Gasteiger partial charge < -0.3 is 19.5 Å². The first-order chi connectivity index (χ1) is 22.7. The van der Waals surface area contributed by atoms with E-state index in [1.807, 2.05) is 41.5 Å². The van der Waals surface area contributed by atoms with Crippen LogP contribution in [0, 0.1) is 10.8 Å². The number of ketones is 2. The van der Waals surface area contributed by atoms with Gasteiger partial charge in [-0.1, -0.05) is 90.0 Å². The Morgan fingerprint density at radius 3 is 1.88 bits per heavy atom. The smallest absolute Gasteiger partial charge is 0.343 e. The average Bonchev–Trinajstić information content (AvgIpc) is 2.99. The zero-order chi connectivity index (χ0) is 35.6. The Bertz CT molecular complexity index is 1590. The molecule has 0 aliphatic heterocycles. The SMILES string of the molecule is C=CCON=C(CCC)C1=C(OC(=O)c2ccc(C(=O)O)cc2C2=C(C(CCC)=NOCC=C)C(=O)CC(C)(C)C2)CC(C)(C)CC1=O. The van der Waals surface area contributed by atoms with Crippen LogP contribution in [0.25, 0.3) is 5.57 Å². The fourth-order valence-corrected chi connectivity index (χ4v) is 6.07. The van der Waals surface area contributed by atoms with Crippen LogP contribution in [0.3, 0.4) is 0 Å². The van der Waals surface area contributed by atoms with Crippen molar-refractivity contribution in [2.45, 2.75) is 92.9 Å². The Morgan fingerprint density at radius 2 is 1.35 bits per heavy atom. The van der Waals surface area contributed by atoms with Gasteiger partial charge in [-0.3, -0.25) is 9.59 Å². The molecule has 0 amide bonds. The van der Waals surface area contributed by atoms with E-state index in [9.17, 15) is 24.3 Å². The lowest BCUT2D eigenvalue weighted by Crippen LogP contribution is -2.31. The monoisotopic (exact) mass is 660 g/mol. The average molecular weight is 661 g/mol. The molecule has 10 nitrogen and oxygen atoms in total. The van der Waals surface area contributed by atoms with Crippen molar-refractivity contribution in [3.8, 4) is 0 Å². The fraction of sp³-hybridized carbons (Fsp3) is 0.474. The van der Waals surface area contributed by atoms with Crippen molar-refractivity contribution >= 4 is 40.5 Å². The van der Waals surface area contributed by atoms with Crippen molar-refractivity contribution < 1.29 is 38.7 Å². The number of hydrogen-bond acceptors (Lipinski definition) is 9. The summed E-state index contributed by atoms with van der Waals surface area (Å²) in [4.78, 5) is 64.6. The van der Waals surface area contributed by atoms with Crippen molar-refractivity contribution in [2.75, 3.05) is 13.2 Å². The molecule has 0 aromatic heterocycles. The lowest BCUT2D eigenvalue weighted by Gasteiger charge is -2.34. The Morgan fingerprint density at radius 1 is 0.833 bits per heavy atom. The molecule has 0 unspecified atom stereocenters. The van der Waals surface area contributed by atoms with E-state index in [4.69, 9.17) is 14.4 Å². The second kappa shape index (κ2) is 16.5. The van der Waals surface area contributed by atoms with Gasteiger partial charge in [0.25, 0.3) is 0 Å². The minimum Gasteiger partial charge on any atom is -0.478 e. The quantitative estimate of drug-likeness (QED) is 0.0617. The summed E-state index contributed by atoms with van der Waals surface area (Å²) in [6, 6.07) is 4.12. The highest BCUT2D eigenvalue weighted by Crippen LogP contribution is 2.44. The zero-order valence-corrected chi connectivity index (χ0v) is 29.1. The molecule has 3 rings (SSSR count). The maximum Gasteiger partial charge on any atom is 0.343 e. The van der Waals surface area contributed by atoms with Crippen molar-refractivity contribution in [2.24, 2.45) is 21.1 Å². The van der Waals surface area contributed by atoms with Crippen LogP contribution in [0.2, 0.25) is 0 Å². The molecule has 2 aliphatic carbocycles. The van der Waals surface area contributed by atoms with E-state index in [2.05, 4.69) is 23.5 Å². The molecule has 2 aliphatic rings. The summed E-state index contributed by atoms with van der Waals surface area (Å²) < 4.78 is 6.11. The highest BCUT2D eigenvalue weighted by Gasteiger charge is 2.39. The van der Waals surface area contributed by atoms with Gasteiger partial charge in [-0.2, -0.15) is 0 Å². The molecule has 258 valence electrons.